The fourth-order valence-corrected chi connectivity index (χ4v) is 5.32. The highest BCUT2D eigenvalue weighted by Gasteiger charge is 2.44. The number of hydrogen-bond donors (Lipinski definition) is 1. The summed E-state index contributed by atoms with van der Waals surface area (Å²) in [6.07, 6.45) is 8.67. The molecule has 1 unspecified atom stereocenters. The monoisotopic (exact) mass is 505 g/mol. The molecule has 2 aliphatic carbocycles. The summed E-state index contributed by atoms with van der Waals surface area (Å²) >= 11 is 0. The Hall–Kier alpha value is -4.09. The molecule has 3 aliphatic rings. The Morgan fingerprint density at radius 3 is 2.63 bits per heavy atom. The van der Waals surface area contributed by atoms with E-state index in [1.807, 2.05) is 49.7 Å². The highest BCUT2D eigenvalue weighted by atomic mass is 16.2. The van der Waals surface area contributed by atoms with Crippen LogP contribution in [0.3, 0.4) is 0 Å². The molecule has 8 nitrogen and oxygen atoms in total. The van der Waals surface area contributed by atoms with E-state index in [1.165, 1.54) is 0 Å². The van der Waals surface area contributed by atoms with Crippen LogP contribution in [0.5, 0.6) is 0 Å². The second-order valence-corrected chi connectivity index (χ2v) is 11.6. The number of pyridine rings is 1. The number of anilines is 1. The maximum atomic E-state index is 13.8. The second kappa shape index (κ2) is 8.47. The normalized spacial score (nSPS) is 21.2. The Morgan fingerprint density at radius 1 is 1.18 bits per heavy atom. The van der Waals surface area contributed by atoms with Crippen LogP contribution in [0.15, 0.2) is 60.0 Å². The zero-order valence-electron chi connectivity index (χ0n) is 22.2. The minimum absolute atomic E-state index is 0.000393. The molecular weight excluding hydrogens is 474 g/mol. The minimum atomic E-state index is -0.459. The Morgan fingerprint density at radius 2 is 1.97 bits per heavy atom. The number of rotatable bonds is 5. The average molecular weight is 506 g/mol. The first-order valence-corrected chi connectivity index (χ1v) is 13.0. The highest BCUT2D eigenvalue weighted by Crippen LogP contribution is 2.46. The van der Waals surface area contributed by atoms with Crippen LogP contribution in [0, 0.1) is 16.7 Å². The first kappa shape index (κ1) is 24.3. The van der Waals surface area contributed by atoms with E-state index in [0.29, 0.717) is 36.1 Å². The smallest absolute Gasteiger partial charge is 0.256 e. The van der Waals surface area contributed by atoms with E-state index >= 15 is 0 Å². The van der Waals surface area contributed by atoms with Gasteiger partial charge in [-0.15, -0.1) is 10.2 Å². The molecule has 1 amide bonds. The Balaban J connectivity index is 1.43. The van der Waals surface area contributed by atoms with Gasteiger partial charge in [0.2, 0.25) is 0 Å². The lowest BCUT2D eigenvalue weighted by atomic mass is 9.67. The van der Waals surface area contributed by atoms with Gasteiger partial charge in [-0.2, -0.15) is 5.26 Å². The van der Waals surface area contributed by atoms with Gasteiger partial charge in [0.25, 0.3) is 5.91 Å². The molecule has 1 aliphatic heterocycles. The molecular formula is C30H31N7O. The summed E-state index contributed by atoms with van der Waals surface area (Å²) in [5.41, 5.74) is 11.8. The summed E-state index contributed by atoms with van der Waals surface area (Å²) in [6, 6.07) is 11.9. The largest absolute Gasteiger partial charge is 0.325 e. The number of amides is 1. The molecule has 1 atom stereocenters. The molecule has 38 heavy (non-hydrogen) atoms. The number of nitrogens with zero attached hydrogens (tertiary/aromatic N) is 6. The van der Waals surface area contributed by atoms with E-state index in [-0.39, 0.29) is 11.3 Å². The number of carbonyl (C=O) groups is 1. The molecule has 3 aromatic rings. The van der Waals surface area contributed by atoms with Crippen LogP contribution in [0.2, 0.25) is 0 Å². The molecule has 1 fully saturated rings. The zero-order chi connectivity index (χ0) is 26.8. The minimum Gasteiger partial charge on any atom is -0.325 e. The molecule has 3 heterocycles. The van der Waals surface area contributed by atoms with Gasteiger partial charge in [-0.05, 0) is 74.1 Å². The number of benzene rings is 1. The third kappa shape index (κ3) is 3.95. The number of hydrogen-bond acceptors (Lipinski definition) is 6. The quantitative estimate of drug-likeness (QED) is 0.540. The Bertz CT molecular complexity index is 1580. The predicted molar refractivity (Wildman–Crippen MR) is 146 cm³/mol. The van der Waals surface area contributed by atoms with Crippen LogP contribution in [0.4, 0.5) is 5.82 Å². The van der Waals surface area contributed by atoms with E-state index in [4.69, 9.17) is 10.7 Å². The van der Waals surface area contributed by atoms with Gasteiger partial charge in [0.15, 0.2) is 5.82 Å². The van der Waals surface area contributed by atoms with Crippen molar-refractivity contribution in [3.05, 3.63) is 71.2 Å². The summed E-state index contributed by atoms with van der Waals surface area (Å²) in [4.78, 5) is 20.6. The maximum absolute atomic E-state index is 13.8. The predicted octanol–water partition coefficient (Wildman–Crippen LogP) is 4.64. The van der Waals surface area contributed by atoms with Gasteiger partial charge >= 0.3 is 0 Å². The summed E-state index contributed by atoms with van der Waals surface area (Å²) in [5.74, 6) is 1.72. The van der Waals surface area contributed by atoms with Gasteiger partial charge in [-0.25, -0.2) is 4.98 Å². The van der Waals surface area contributed by atoms with Crippen molar-refractivity contribution in [2.24, 2.45) is 18.2 Å². The number of nitriles is 1. The van der Waals surface area contributed by atoms with Crippen molar-refractivity contribution in [3.8, 4) is 28.6 Å². The first-order chi connectivity index (χ1) is 18.1. The number of aryl methyl sites for hydroxylation is 1. The molecule has 8 heteroatoms. The van der Waals surface area contributed by atoms with E-state index in [0.717, 1.165) is 46.4 Å². The van der Waals surface area contributed by atoms with Crippen LogP contribution in [-0.4, -0.2) is 37.7 Å². The van der Waals surface area contributed by atoms with Crippen molar-refractivity contribution in [2.75, 3.05) is 11.4 Å². The highest BCUT2D eigenvalue weighted by molar-refractivity contribution is 6.10. The molecule has 6 rings (SSSR count). The van der Waals surface area contributed by atoms with Gasteiger partial charge in [-0.1, -0.05) is 25.1 Å². The zero-order valence-corrected chi connectivity index (χ0v) is 22.2. The molecule has 192 valence electrons. The third-order valence-electron chi connectivity index (χ3n) is 8.40. The second-order valence-electron chi connectivity index (χ2n) is 11.6. The van der Waals surface area contributed by atoms with Gasteiger partial charge in [0.05, 0.1) is 18.2 Å². The fourth-order valence-electron chi connectivity index (χ4n) is 5.32. The van der Waals surface area contributed by atoms with E-state index in [9.17, 15) is 10.1 Å². The lowest BCUT2D eigenvalue weighted by Gasteiger charge is -2.41. The standard InChI is InChI=1S/C30H31N7O/c1-29(2,32)30(3)10-9-20-16-37(28(38)24(20)14-30)26-13-21(12-25(34-26)19-6-7-19)22-8-5-18(15-31)11-23(22)27-35-33-17-36(27)4/h5,8-13,17,19H,6-7,14,16,32H2,1-4H3. The molecule has 2 N–H and O–H groups in total. The summed E-state index contributed by atoms with van der Waals surface area (Å²) in [5, 5.41) is 17.9. The van der Waals surface area contributed by atoms with Crippen LogP contribution >= 0.6 is 0 Å². The fraction of sp³-hybridized carbons (Fsp3) is 0.367. The molecule has 0 spiro atoms. The van der Waals surface area contributed by atoms with Crippen LogP contribution in [0.1, 0.15) is 57.2 Å². The number of aromatic nitrogens is 4. The lowest BCUT2D eigenvalue weighted by Crippen LogP contribution is -2.49. The summed E-state index contributed by atoms with van der Waals surface area (Å²) < 4.78 is 1.84. The van der Waals surface area contributed by atoms with Crippen molar-refractivity contribution in [3.63, 3.8) is 0 Å². The number of nitrogens with two attached hydrogens (primary N) is 1. The van der Waals surface area contributed by atoms with Crippen molar-refractivity contribution >= 4 is 11.7 Å². The molecule has 0 bridgehead atoms. The van der Waals surface area contributed by atoms with Crippen molar-refractivity contribution < 1.29 is 4.79 Å². The van der Waals surface area contributed by atoms with E-state index in [2.05, 4.69) is 41.4 Å². The topological polar surface area (TPSA) is 114 Å². The SMILES string of the molecule is Cn1cnnc1-c1cc(C#N)ccc1-c1cc(C2CC2)nc(N2CC3=C(CC(C)(C(C)(C)N)C=C3)C2=O)c1. The Kier molecular flexibility index (Phi) is 5.41. The summed E-state index contributed by atoms with van der Waals surface area (Å²) in [7, 11) is 1.88. The average Bonchev–Trinajstić information content (AvgIpc) is 3.59. The van der Waals surface area contributed by atoms with Gasteiger partial charge in [-0.3, -0.25) is 9.69 Å². The van der Waals surface area contributed by atoms with Gasteiger partial charge in [0.1, 0.15) is 12.1 Å². The molecule has 0 saturated heterocycles. The van der Waals surface area contributed by atoms with E-state index < -0.39 is 5.54 Å². The maximum Gasteiger partial charge on any atom is 0.256 e. The molecule has 1 aromatic carbocycles. The molecule has 1 saturated carbocycles. The van der Waals surface area contributed by atoms with Crippen LogP contribution < -0.4 is 10.6 Å². The van der Waals surface area contributed by atoms with Crippen LogP contribution in [0.25, 0.3) is 22.5 Å². The third-order valence-corrected chi connectivity index (χ3v) is 8.40. The summed E-state index contributed by atoms with van der Waals surface area (Å²) in [6.45, 7) is 6.64. The van der Waals surface area contributed by atoms with Crippen molar-refractivity contribution in [2.45, 2.75) is 51.5 Å². The molecule has 2 aromatic heterocycles. The van der Waals surface area contributed by atoms with E-state index in [1.54, 1.807) is 11.2 Å². The molecule has 0 radical (unpaired) electrons. The number of carbonyl (C=O) groups excluding carboxylic acids is 1. The van der Waals surface area contributed by atoms with Gasteiger partial charge < -0.3 is 10.3 Å². The van der Waals surface area contributed by atoms with Crippen LogP contribution in [-0.2, 0) is 11.8 Å². The van der Waals surface area contributed by atoms with Gasteiger partial charge in [0, 0.05) is 40.7 Å². The van der Waals surface area contributed by atoms with Crippen molar-refractivity contribution in [1.29, 1.82) is 5.26 Å². The first-order valence-electron chi connectivity index (χ1n) is 13.0. The Labute approximate surface area is 222 Å². The van der Waals surface area contributed by atoms with Crippen molar-refractivity contribution in [1.82, 2.24) is 19.7 Å². The lowest BCUT2D eigenvalue weighted by molar-refractivity contribution is -0.114.